The van der Waals surface area contributed by atoms with Crippen LogP contribution in [0.5, 0.6) is 0 Å². The number of ketones is 2. The first-order valence-electron chi connectivity index (χ1n) is 9.48. The second kappa shape index (κ2) is 8.07. The number of benzene rings is 1. The normalized spacial score (nSPS) is 28.4. The molecule has 13 nitrogen and oxygen atoms in total. The second-order valence-electron chi connectivity index (χ2n) is 7.69. The molecule has 0 spiro atoms. The molecule has 0 bridgehead atoms. The number of rotatable bonds is 7. The summed E-state index contributed by atoms with van der Waals surface area (Å²) >= 11 is 0. The molecular formula is C19H21N3O10S. The van der Waals surface area contributed by atoms with Gasteiger partial charge in [-0.1, -0.05) is 22.7 Å². The van der Waals surface area contributed by atoms with Crippen molar-refractivity contribution in [2.24, 2.45) is 0 Å². The summed E-state index contributed by atoms with van der Waals surface area (Å²) in [4.78, 5) is 38.5. The molecule has 2 heterocycles. The monoisotopic (exact) mass is 483 g/mol. The van der Waals surface area contributed by atoms with Gasteiger partial charge in [0.2, 0.25) is 21.7 Å². The number of aliphatic hydroxyl groups is 3. The van der Waals surface area contributed by atoms with Crippen molar-refractivity contribution in [3.8, 4) is 0 Å². The molecule has 14 heteroatoms. The van der Waals surface area contributed by atoms with Crippen molar-refractivity contribution in [3.05, 3.63) is 52.3 Å². The molecule has 1 aromatic carbocycles. The Morgan fingerprint density at radius 1 is 1.18 bits per heavy atom. The Labute approximate surface area is 187 Å². The van der Waals surface area contributed by atoms with E-state index in [9.17, 15) is 43.4 Å². The van der Waals surface area contributed by atoms with E-state index in [2.05, 4.69) is 4.98 Å². The van der Waals surface area contributed by atoms with Crippen LogP contribution in [0.15, 0.2) is 41.6 Å². The highest BCUT2D eigenvalue weighted by atomic mass is 32.2. The number of nitrogens with zero attached hydrogens (tertiary/aromatic N) is 3. The molecule has 1 unspecified atom stereocenters. The first kappa shape index (κ1) is 24.6. The number of aromatic nitrogens is 2. The van der Waals surface area contributed by atoms with E-state index in [-0.39, 0.29) is 0 Å². The minimum atomic E-state index is -4.70. The third kappa shape index (κ3) is 3.46. The number of ether oxygens (including phenoxy) is 1. The maximum atomic E-state index is 13.0. The van der Waals surface area contributed by atoms with Gasteiger partial charge in [-0.25, -0.2) is 8.42 Å². The number of imidazole rings is 1. The molecule has 1 aliphatic heterocycles. The van der Waals surface area contributed by atoms with Gasteiger partial charge in [0.05, 0.1) is 4.90 Å². The number of carbonyl (C=O) groups is 2. The van der Waals surface area contributed by atoms with Gasteiger partial charge < -0.3 is 30.2 Å². The van der Waals surface area contributed by atoms with E-state index >= 15 is 0 Å². The van der Waals surface area contributed by atoms with Crippen LogP contribution in [0.25, 0.3) is 0 Å². The molecule has 33 heavy (non-hydrogen) atoms. The largest absolute Gasteiger partial charge is 0.436 e. The summed E-state index contributed by atoms with van der Waals surface area (Å²) in [5.74, 6) is -3.51. The van der Waals surface area contributed by atoms with Crippen LogP contribution in [0.4, 0.5) is 5.95 Å². The van der Waals surface area contributed by atoms with E-state index < -0.39 is 66.1 Å². The molecule has 0 radical (unpaired) electrons. The van der Waals surface area contributed by atoms with Crippen molar-refractivity contribution >= 4 is 27.4 Å². The fourth-order valence-electron chi connectivity index (χ4n) is 3.85. The van der Waals surface area contributed by atoms with Crippen LogP contribution in [-0.2, 0) is 24.2 Å². The third-order valence-electron chi connectivity index (χ3n) is 5.69. The van der Waals surface area contributed by atoms with Crippen LogP contribution in [0.2, 0.25) is 0 Å². The number of Topliss-reactive ketones (excluding diaryl/α,β-unsaturated/α-hetero) is 2. The van der Waals surface area contributed by atoms with Crippen molar-refractivity contribution in [3.63, 3.8) is 0 Å². The molecule has 1 aromatic heterocycles. The molecule has 1 fully saturated rings. The molecule has 3 N–H and O–H groups in total. The quantitative estimate of drug-likeness (QED) is 0.336. The number of hydrogen-bond donors (Lipinski definition) is 3. The number of hydrogen-bond acceptors (Lipinski definition) is 11. The standard InChI is InChI=1S/C19H21N3O10S/c1-10-4-6-13(7-5-10)33(30,31)15(25)14-18(26,11(2)23)19(27,12(3)24)16(32-14)21-9-8-20-17(21)22(28)29/h4-9,14-16,25-27H,1-3H3/t14-,15?,16+,18-,19-/m1/s1. The van der Waals surface area contributed by atoms with Gasteiger partial charge >= 0.3 is 5.95 Å². The highest BCUT2D eigenvalue weighted by Gasteiger charge is 2.75. The lowest BCUT2D eigenvalue weighted by Gasteiger charge is -2.37. The predicted molar refractivity (Wildman–Crippen MR) is 108 cm³/mol. The number of nitro groups is 1. The van der Waals surface area contributed by atoms with Gasteiger partial charge in [0.15, 0.2) is 22.6 Å². The summed E-state index contributed by atoms with van der Waals surface area (Å²) in [5.41, 5.74) is -8.44. The van der Waals surface area contributed by atoms with Gasteiger partial charge in [0.1, 0.15) is 18.5 Å². The van der Waals surface area contributed by atoms with Crippen LogP contribution in [0, 0.1) is 17.0 Å². The maximum absolute atomic E-state index is 13.0. The SMILES string of the molecule is CC(=O)[C@@]1(O)[C@@H](C(O)S(=O)(=O)c2ccc(C)cc2)O[C@H](n2ccnc2[N+](=O)[O-])[C@]1(O)C(C)=O. The van der Waals surface area contributed by atoms with Crippen molar-refractivity contribution in [2.45, 2.75) is 54.6 Å². The summed E-state index contributed by atoms with van der Waals surface area (Å²) in [6, 6.07) is 5.22. The predicted octanol–water partition coefficient (Wildman–Crippen LogP) is -0.570. The number of aliphatic hydroxyl groups excluding tert-OH is 1. The fourth-order valence-corrected chi connectivity index (χ4v) is 5.23. The lowest BCUT2D eigenvalue weighted by Crippen LogP contribution is -2.67. The fraction of sp³-hybridized carbons (Fsp3) is 0.421. The molecule has 0 saturated carbocycles. The topological polar surface area (TPSA) is 199 Å². The molecule has 1 aliphatic rings. The van der Waals surface area contributed by atoms with Crippen LogP contribution in [0.1, 0.15) is 25.6 Å². The zero-order valence-corrected chi connectivity index (χ0v) is 18.5. The van der Waals surface area contributed by atoms with Crippen molar-refractivity contribution in [1.82, 2.24) is 9.55 Å². The first-order valence-corrected chi connectivity index (χ1v) is 11.0. The summed E-state index contributed by atoms with van der Waals surface area (Å²) < 4.78 is 32.0. The van der Waals surface area contributed by atoms with Gasteiger partial charge in [-0.15, -0.1) is 0 Å². The smallest absolute Gasteiger partial charge is 0.390 e. The maximum Gasteiger partial charge on any atom is 0.436 e. The van der Waals surface area contributed by atoms with E-state index in [0.29, 0.717) is 10.1 Å². The summed E-state index contributed by atoms with van der Waals surface area (Å²) in [7, 11) is -4.70. The minimum absolute atomic E-state index is 0.390. The molecule has 0 amide bonds. The van der Waals surface area contributed by atoms with Crippen molar-refractivity contribution in [1.29, 1.82) is 0 Å². The lowest BCUT2D eigenvalue weighted by molar-refractivity contribution is -0.399. The van der Waals surface area contributed by atoms with Crippen molar-refractivity contribution < 1.29 is 43.0 Å². The van der Waals surface area contributed by atoms with E-state index in [1.54, 1.807) is 6.92 Å². The number of sulfone groups is 1. The van der Waals surface area contributed by atoms with Crippen LogP contribution in [0.3, 0.4) is 0 Å². The lowest BCUT2D eigenvalue weighted by atomic mass is 9.75. The summed E-state index contributed by atoms with van der Waals surface area (Å²) in [5, 5.41) is 44.6. The van der Waals surface area contributed by atoms with Gasteiger partial charge in [-0.2, -0.15) is 4.57 Å². The van der Waals surface area contributed by atoms with Gasteiger partial charge in [-0.3, -0.25) is 9.59 Å². The highest BCUT2D eigenvalue weighted by Crippen LogP contribution is 2.49. The second-order valence-corrected chi connectivity index (χ2v) is 9.74. The summed E-state index contributed by atoms with van der Waals surface area (Å²) in [6.45, 7) is 3.22. The van der Waals surface area contributed by atoms with Gasteiger partial charge in [-0.05, 0) is 37.8 Å². The Bertz CT molecular complexity index is 1220. The molecule has 3 rings (SSSR count). The molecule has 178 valence electrons. The average Bonchev–Trinajstić information content (AvgIpc) is 3.31. The highest BCUT2D eigenvalue weighted by molar-refractivity contribution is 7.92. The summed E-state index contributed by atoms with van der Waals surface area (Å²) in [6.07, 6.45) is -2.70. The Kier molecular flexibility index (Phi) is 6.02. The molecule has 0 aliphatic carbocycles. The van der Waals surface area contributed by atoms with Crippen LogP contribution < -0.4 is 0 Å². The Balaban J connectivity index is 2.22. The van der Waals surface area contributed by atoms with E-state index in [1.807, 2.05) is 0 Å². The zero-order valence-electron chi connectivity index (χ0n) is 17.6. The van der Waals surface area contributed by atoms with E-state index in [4.69, 9.17) is 4.74 Å². The van der Waals surface area contributed by atoms with Gasteiger partial charge in [0.25, 0.3) is 0 Å². The van der Waals surface area contributed by atoms with E-state index in [1.165, 1.54) is 24.3 Å². The molecule has 5 atom stereocenters. The van der Waals surface area contributed by atoms with Crippen molar-refractivity contribution in [2.75, 3.05) is 0 Å². The molecule has 1 saturated heterocycles. The third-order valence-corrected chi connectivity index (χ3v) is 7.50. The minimum Gasteiger partial charge on any atom is -0.390 e. The Morgan fingerprint density at radius 2 is 1.73 bits per heavy atom. The Morgan fingerprint density at radius 3 is 2.21 bits per heavy atom. The first-order chi connectivity index (χ1) is 15.2. The van der Waals surface area contributed by atoms with Gasteiger partial charge in [0, 0.05) is 0 Å². The molecular weight excluding hydrogens is 462 g/mol. The zero-order chi connectivity index (χ0) is 24.9. The van der Waals surface area contributed by atoms with Crippen LogP contribution in [-0.4, -0.2) is 72.5 Å². The van der Waals surface area contributed by atoms with E-state index in [0.717, 1.165) is 26.2 Å². The number of aryl methyl sites for hydroxylation is 1. The number of carbonyl (C=O) groups excluding carboxylic acids is 2. The van der Waals surface area contributed by atoms with Crippen LogP contribution >= 0.6 is 0 Å². The average molecular weight is 483 g/mol. The molecule has 2 aromatic rings. The Hall–Kier alpha value is -3.04.